The predicted molar refractivity (Wildman–Crippen MR) is 90.5 cm³/mol. The van der Waals surface area contributed by atoms with Crippen LogP contribution in [-0.2, 0) is 11.8 Å². The lowest BCUT2D eigenvalue weighted by Gasteiger charge is -2.08. The Morgan fingerprint density at radius 1 is 1.29 bits per heavy atom. The highest BCUT2D eigenvalue weighted by molar-refractivity contribution is 5.85. The molecule has 4 rings (SSSR count). The van der Waals surface area contributed by atoms with Gasteiger partial charge in [0.15, 0.2) is 0 Å². The number of aryl methyl sites for hydroxylation is 1. The van der Waals surface area contributed by atoms with Crippen LogP contribution in [0.25, 0.3) is 5.52 Å². The summed E-state index contributed by atoms with van der Waals surface area (Å²) in [6.45, 7) is 4.30. The molecule has 0 spiro atoms. The number of carbonyl (C=O) groups is 1. The number of aromatic carboxylic acids is 1. The lowest BCUT2D eigenvalue weighted by Crippen LogP contribution is -2.07. The first-order valence-electron chi connectivity index (χ1n) is 8.14. The minimum absolute atomic E-state index is 0.0824. The summed E-state index contributed by atoms with van der Waals surface area (Å²) >= 11 is 0. The predicted octanol–water partition coefficient (Wildman–Crippen LogP) is 3.38. The fourth-order valence-corrected chi connectivity index (χ4v) is 3.17. The Kier molecular flexibility index (Phi) is 3.20. The number of rotatable bonds is 4. The van der Waals surface area contributed by atoms with Crippen LogP contribution < -0.4 is 0 Å². The third kappa shape index (κ3) is 2.46. The quantitative estimate of drug-likeness (QED) is 0.800. The lowest BCUT2D eigenvalue weighted by molar-refractivity contribution is 0.0690. The summed E-state index contributed by atoms with van der Waals surface area (Å²) in [6, 6.07) is 9.33. The molecular formula is C19H19N3O2. The topological polar surface area (TPSA) is 67.5 Å². The molecule has 5 heteroatoms. The number of hydrogen-bond donors (Lipinski definition) is 1. The van der Waals surface area contributed by atoms with Gasteiger partial charge in [0, 0.05) is 29.3 Å². The molecule has 1 fully saturated rings. The smallest absolute Gasteiger partial charge is 0.354 e. The monoisotopic (exact) mass is 321 g/mol. The summed E-state index contributed by atoms with van der Waals surface area (Å²) in [5.41, 5.74) is 5.50. The Hall–Kier alpha value is -2.69. The van der Waals surface area contributed by atoms with E-state index in [2.05, 4.69) is 31.0 Å². The highest BCUT2D eigenvalue weighted by atomic mass is 16.4. The molecule has 0 atom stereocenters. The highest BCUT2D eigenvalue weighted by Crippen LogP contribution is 2.49. The molecule has 1 aliphatic rings. The summed E-state index contributed by atoms with van der Waals surface area (Å²) in [4.78, 5) is 15.4. The minimum atomic E-state index is -0.998. The molecule has 0 radical (unpaired) electrons. The molecule has 0 unspecified atom stereocenters. The SMILES string of the molecule is Cc1ccc2c(Cc3cccc(C(=O)O)n3)c(C3(C)CC3)nn2c1. The molecule has 1 aliphatic carbocycles. The van der Waals surface area contributed by atoms with Crippen LogP contribution >= 0.6 is 0 Å². The van der Waals surface area contributed by atoms with Gasteiger partial charge < -0.3 is 5.11 Å². The largest absolute Gasteiger partial charge is 0.477 e. The molecule has 0 aliphatic heterocycles. The van der Waals surface area contributed by atoms with E-state index in [0.29, 0.717) is 6.42 Å². The van der Waals surface area contributed by atoms with Gasteiger partial charge in [-0.15, -0.1) is 0 Å². The Labute approximate surface area is 140 Å². The fourth-order valence-electron chi connectivity index (χ4n) is 3.17. The maximum Gasteiger partial charge on any atom is 0.354 e. The van der Waals surface area contributed by atoms with Crippen molar-refractivity contribution >= 4 is 11.5 Å². The molecule has 122 valence electrons. The standard InChI is InChI=1S/C19H19N3O2/c1-12-6-7-16-14(10-13-4-3-5-15(20-13)18(23)24)17(19(2)8-9-19)21-22(16)11-12/h3-7,11H,8-10H2,1-2H3,(H,23,24). The first kappa shape index (κ1) is 14.9. The average molecular weight is 321 g/mol. The van der Waals surface area contributed by atoms with Crippen molar-refractivity contribution in [2.75, 3.05) is 0 Å². The van der Waals surface area contributed by atoms with Gasteiger partial charge in [-0.1, -0.05) is 19.1 Å². The van der Waals surface area contributed by atoms with Gasteiger partial charge in [0.2, 0.25) is 0 Å². The summed E-state index contributed by atoms with van der Waals surface area (Å²) < 4.78 is 1.95. The number of aromatic nitrogens is 3. The van der Waals surface area contributed by atoms with Crippen LogP contribution in [0.15, 0.2) is 36.5 Å². The third-order valence-electron chi connectivity index (χ3n) is 4.84. The molecular weight excluding hydrogens is 302 g/mol. The van der Waals surface area contributed by atoms with Gasteiger partial charge in [-0.05, 0) is 43.5 Å². The van der Waals surface area contributed by atoms with E-state index in [4.69, 9.17) is 10.2 Å². The number of fused-ring (bicyclic) bond motifs is 1. The van der Waals surface area contributed by atoms with E-state index in [-0.39, 0.29) is 11.1 Å². The van der Waals surface area contributed by atoms with Crippen LogP contribution in [0, 0.1) is 6.92 Å². The number of carboxylic acids is 1. The van der Waals surface area contributed by atoms with E-state index in [1.807, 2.05) is 16.8 Å². The fraction of sp³-hybridized carbons (Fsp3) is 0.316. The average Bonchev–Trinajstić information content (AvgIpc) is 3.20. The van der Waals surface area contributed by atoms with Crippen molar-refractivity contribution in [3.05, 3.63) is 64.7 Å². The molecule has 1 N–H and O–H groups in total. The summed E-state index contributed by atoms with van der Waals surface area (Å²) in [6.07, 6.45) is 4.92. The number of carboxylic acid groups (broad SMARTS) is 1. The van der Waals surface area contributed by atoms with Crippen LogP contribution in [0.2, 0.25) is 0 Å². The van der Waals surface area contributed by atoms with Crippen molar-refractivity contribution in [3.63, 3.8) is 0 Å². The van der Waals surface area contributed by atoms with E-state index in [9.17, 15) is 4.79 Å². The second-order valence-corrected chi connectivity index (χ2v) is 6.92. The normalized spacial score (nSPS) is 15.6. The van der Waals surface area contributed by atoms with Gasteiger partial charge in [-0.25, -0.2) is 14.3 Å². The molecule has 5 nitrogen and oxygen atoms in total. The van der Waals surface area contributed by atoms with Gasteiger partial charge in [0.25, 0.3) is 0 Å². The van der Waals surface area contributed by atoms with E-state index in [0.717, 1.165) is 40.9 Å². The van der Waals surface area contributed by atoms with Gasteiger partial charge in [0.1, 0.15) is 5.69 Å². The van der Waals surface area contributed by atoms with Crippen LogP contribution in [0.1, 0.15) is 52.8 Å². The Morgan fingerprint density at radius 3 is 2.79 bits per heavy atom. The van der Waals surface area contributed by atoms with E-state index in [1.165, 1.54) is 6.07 Å². The molecule has 1 saturated carbocycles. The highest BCUT2D eigenvalue weighted by Gasteiger charge is 2.43. The van der Waals surface area contributed by atoms with Crippen molar-refractivity contribution < 1.29 is 9.90 Å². The van der Waals surface area contributed by atoms with E-state index in [1.54, 1.807) is 6.07 Å². The van der Waals surface area contributed by atoms with Crippen molar-refractivity contribution in [1.29, 1.82) is 0 Å². The van der Waals surface area contributed by atoms with Crippen molar-refractivity contribution in [2.24, 2.45) is 0 Å². The first-order chi connectivity index (χ1) is 11.5. The van der Waals surface area contributed by atoms with Gasteiger partial charge in [-0.3, -0.25) is 0 Å². The number of nitrogens with zero attached hydrogens (tertiary/aromatic N) is 3. The molecule has 3 aromatic heterocycles. The van der Waals surface area contributed by atoms with Gasteiger partial charge in [0.05, 0.1) is 11.2 Å². The zero-order valence-corrected chi connectivity index (χ0v) is 13.8. The molecule has 0 aromatic carbocycles. The maximum atomic E-state index is 11.2. The summed E-state index contributed by atoms with van der Waals surface area (Å²) in [5, 5.41) is 14.0. The van der Waals surface area contributed by atoms with Crippen molar-refractivity contribution in [3.8, 4) is 0 Å². The molecule has 0 saturated heterocycles. The molecule has 0 bridgehead atoms. The van der Waals surface area contributed by atoms with Crippen molar-refractivity contribution in [1.82, 2.24) is 14.6 Å². The number of pyridine rings is 2. The Bertz CT molecular complexity index is 954. The molecule has 0 amide bonds. The molecule has 24 heavy (non-hydrogen) atoms. The van der Waals surface area contributed by atoms with Crippen LogP contribution in [0.3, 0.4) is 0 Å². The van der Waals surface area contributed by atoms with E-state index >= 15 is 0 Å². The Balaban J connectivity index is 1.83. The van der Waals surface area contributed by atoms with Crippen LogP contribution in [0.4, 0.5) is 0 Å². The zero-order valence-electron chi connectivity index (χ0n) is 13.8. The minimum Gasteiger partial charge on any atom is -0.477 e. The zero-order chi connectivity index (χ0) is 16.9. The van der Waals surface area contributed by atoms with E-state index < -0.39 is 5.97 Å². The summed E-state index contributed by atoms with van der Waals surface area (Å²) in [5.74, 6) is -0.998. The molecule has 3 aromatic rings. The Morgan fingerprint density at radius 2 is 2.08 bits per heavy atom. The lowest BCUT2D eigenvalue weighted by atomic mass is 9.97. The molecule has 3 heterocycles. The van der Waals surface area contributed by atoms with Gasteiger partial charge in [-0.2, -0.15) is 5.10 Å². The van der Waals surface area contributed by atoms with Crippen LogP contribution in [-0.4, -0.2) is 25.7 Å². The van der Waals surface area contributed by atoms with Gasteiger partial charge >= 0.3 is 5.97 Å². The second kappa shape index (κ2) is 5.16. The maximum absolute atomic E-state index is 11.2. The third-order valence-corrected chi connectivity index (χ3v) is 4.84. The number of hydrogen-bond acceptors (Lipinski definition) is 3. The summed E-state index contributed by atoms with van der Waals surface area (Å²) in [7, 11) is 0. The second-order valence-electron chi connectivity index (χ2n) is 6.92. The van der Waals surface area contributed by atoms with Crippen LogP contribution in [0.5, 0.6) is 0 Å². The van der Waals surface area contributed by atoms with Crippen molar-refractivity contribution in [2.45, 2.75) is 38.5 Å². The first-order valence-corrected chi connectivity index (χ1v) is 8.14.